The molecule has 0 radical (unpaired) electrons. The van der Waals surface area contributed by atoms with E-state index < -0.39 is 51.2 Å². The fraction of sp³-hybridized carbons (Fsp3) is 0.420. The van der Waals surface area contributed by atoms with Crippen molar-refractivity contribution in [2.45, 2.75) is 76.3 Å². The number of imide groups is 2. The molecule has 4 aliphatic heterocycles. The Hall–Kier alpha value is -7.42. The van der Waals surface area contributed by atoms with Crippen molar-refractivity contribution in [3.05, 3.63) is 98.1 Å². The van der Waals surface area contributed by atoms with Crippen LogP contribution in [0, 0.1) is 5.92 Å². The third-order valence-corrected chi connectivity index (χ3v) is 14.8. The van der Waals surface area contributed by atoms with E-state index in [1.807, 2.05) is 12.1 Å². The Morgan fingerprint density at radius 3 is 2.27 bits per heavy atom. The average molecular weight is 990 g/mol. The lowest BCUT2D eigenvalue weighted by molar-refractivity contribution is -0.150. The Morgan fingerprint density at radius 1 is 0.803 bits per heavy atom. The molecule has 372 valence electrons. The highest BCUT2D eigenvalue weighted by Crippen LogP contribution is 2.45. The smallest absolute Gasteiger partial charge is 0.274 e. The third-order valence-electron chi connectivity index (χ3n) is 13.9. The number of unbranched alkanes of at least 4 members (excludes halogenated alkanes) is 1. The zero-order valence-corrected chi connectivity index (χ0v) is 40.5. The summed E-state index contributed by atoms with van der Waals surface area (Å²) in [6, 6.07) is 8.23. The summed E-state index contributed by atoms with van der Waals surface area (Å²) in [5.74, 6) is -3.39. The zero-order valence-electron chi connectivity index (χ0n) is 39.7. The normalized spacial score (nSPS) is 17.6. The molecule has 6 heterocycles. The molecule has 8 amide bonds. The fourth-order valence-electron chi connectivity index (χ4n) is 10.1. The molecule has 2 aromatic carbocycles. The molecule has 71 heavy (non-hydrogen) atoms. The van der Waals surface area contributed by atoms with Crippen LogP contribution in [0.25, 0.3) is 22.0 Å². The van der Waals surface area contributed by atoms with Gasteiger partial charge in [0, 0.05) is 136 Å². The topological polar surface area (TPSA) is 258 Å². The summed E-state index contributed by atoms with van der Waals surface area (Å²) in [5, 5.41) is 9.00. The van der Waals surface area contributed by atoms with Crippen LogP contribution < -0.4 is 26.4 Å². The lowest BCUT2D eigenvalue weighted by Crippen LogP contribution is -2.53. The van der Waals surface area contributed by atoms with Gasteiger partial charge in [0.25, 0.3) is 41.0 Å². The second-order valence-electron chi connectivity index (χ2n) is 19.1. The van der Waals surface area contributed by atoms with Gasteiger partial charge in [-0.05, 0) is 79.3 Å². The van der Waals surface area contributed by atoms with E-state index in [1.54, 1.807) is 36.3 Å². The predicted octanol–water partition coefficient (Wildman–Crippen LogP) is 1.83. The minimum absolute atomic E-state index is 0.0211. The summed E-state index contributed by atoms with van der Waals surface area (Å²) in [6.07, 6.45) is 9.14. The van der Waals surface area contributed by atoms with Gasteiger partial charge in [-0.25, -0.2) is 8.42 Å². The highest BCUT2D eigenvalue weighted by molar-refractivity contribution is 7.89. The molecular formula is C50H55N9O11S. The van der Waals surface area contributed by atoms with Gasteiger partial charge >= 0.3 is 0 Å². The van der Waals surface area contributed by atoms with Gasteiger partial charge in [0.15, 0.2) is 9.84 Å². The van der Waals surface area contributed by atoms with Crippen molar-refractivity contribution in [2.75, 3.05) is 50.9 Å². The molecule has 1 atom stereocenters. The van der Waals surface area contributed by atoms with Crippen LogP contribution >= 0.6 is 0 Å². The number of nitrogens with one attached hydrogen (secondary N) is 4. The number of piperidine rings is 1. The van der Waals surface area contributed by atoms with Gasteiger partial charge in [-0.3, -0.25) is 53.0 Å². The first-order valence-electron chi connectivity index (χ1n) is 23.8. The predicted molar refractivity (Wildman–Crippen MR) is 260 cm³/mol. The summed E-state index contributed by atoms with van der Waals surface area (Å²) in [6.45, 7) is 1.26. The molecule has 9 rings (SSSR count). The maximum Gasteiger partial charge on any atom is 0.274 e. The molecule has 0 bridgehead atoms. The molecule has 1 saturated heterocycles. The van der Waals surface area contributed by atoms with Crippen molar-refractivity contribution in [3.63, 3.8) is 0 Å². The van der Waals surface area contributed by atoms with E-state index in [0.29, 0.717) is 65.1 Å². The number of carbonyl (C=O) groups excluding carboxylic acids is 8. The Labute approximate surface area is 408 Å². The number of sulfone groups is 1. The number of hydrogen-bond acceptors (Lipinski definition) is 12. The molecule has 1 unspecified atom stereocenters. The van der Waals surface area contributed by atoms with Crippen molar-refractivity contribution in [1.29, 1.82) is 0 Å². The van der Waals surface area contributed by atoms with E-state index in [2.05, 4.69) is 25.8 Å². The molecular weight excluding hydrogens is 935 g/mol. The van der Waals surface area contributed by atoms with Crippen molar-refractivity contribution < 1.29 is 46.8 Å². The minimum atomic E-state index is -3.67. The minimum Gasteiger partial charge on any atom is -0.366 e. The van der Waals surface area contributed by atoms with Crippen LogP contribution in [0.2, 0.25) is 0 Å². The van der Waals surface area contributed by atoms with E-state index in [9.17, 15) is 51.6 Å². The number of amides is 8. The molecule has 1 aliphatic carbocycles. The van der Waals surface area contributed by atoms with Crippen molar-refractivity contribution in [1.82, 2.24) is 40.2 Å². The first-order chi connectivity index (χ1) is 33.9. The molecule has 2 aromatic heterocycles. The van der Waals surface area contributed by atoms with Gasteiger partial charge in [-0.2, -0.15) is 0 Å². The van der Waals surface area contributed by atoms with Crippen LogP contribution in [0.15, 0.2) is 53.5 Å². The maximum atomic E-state index is 14.3. The lowest BCUT2D eigenvalue weighted by atomic mass is 9.95. The number of pyridine rings is 1. The van der Waals surface area contributed by atoms with Gasteiger partial charge in [-0.15, -0.1) is 0 Å². The molecule has 5 aliphatic rings. The van der Waals surface area contributed by atoms with Gasteiger partial charge in [0.2, 0.25) is 11.8 Å². The van der Waals surface area contributed by atoms with Crippen LogP contribution in [-0.4, -0.2) is 132 Å². The first kappa shape index (κ1) is 48.6. The Kier molecular flexibility index (Phi) is 13.3. The molecule has 4 aromatic rings. The largest absolute Gasteiger partial charge is 0.366 e. The number of anilines is 1. The average Bonchev–Trinajstić information content (AvgIpc) is 3.89. The number of aromatic amines is 1. The number of aryl methyl sites for hydroxylation is 2. The number of H-pyrrole nitrogens is 1. The second kappa shape index (κ2) is 19.4. The molecule has 4 N–H and O–H groups in total. The summed E-state index contributed by atoms with van der Waals surface area (Å²) in [5.41, 5.74) is 5.10. The second-order valence-corrected chi connectivity index (χ2v) is 21.2. The highest BCUT2D eigenvalue weighted by Gasteiger charge is 2.42. The summed E-state index contributed by atoms with van der Waals surface area (Å²) >= 11 is 0. The SMILES string of the molecule is CN1C(=O)CCC(N2Cc3c(CCCCNC(=O)c4cc5c(cc4CS(C)(=O)=O)-c4cn(C)c(=O)c6[nH]c(C(=O)NCCNC(=O)CCN7C(=O)C=CC7=O)c(c46)CN5CC4CC4)cccc3C2=O)C1=O. The number of rotatable bonds is 18. The Bertz CT molecular complexity index is 3150. The van der Waals surface area contributed by atoms with Gasteiger partial charge in [-0.1, -0.05) is 12.1 Å². The van der Waals surface area contributed by atoms with Crippen molar-refractivity contribution in [3.8, 4) is 11.1 Å². The number of carbonyl (C=O) groups is 8. The molecule has 1 saturated carbocycles. The lowest BCUT2D eigenvalue weighted by Gasteiger charge is -2.33. The molecule has 20 nitrogen and oxygen atoms in total. The fourth-order valence-corrected chi connectivity index (χ4v) is 10.9. The number of aromatic nitrogens is 2. The van der Waals surface area contributed by atoms with Gasteiger partial charge in [0.1, 0.15) is 17.3 Å². The van der Waals surface area contributed by atoms with Crippen LogP contribution in [0.1, 0.15) is 98.4 Å². The van der Waals surface area contributed by atoms with Crippen molar-refractivity contribution in [2.24, 2.45) is 13.0 Å². The van der Waals surface area contributed by atoms with Gasteiger partial charge in [0.05, 0.1) is 5.75 Å². The number of fused-ring (bicyclic) bond motifs is 3. The molecule has 2 fully saturated rings. The van der Waals surface area contributed by atoms with E-state index in [4.69, 9.17) is 0 Å². The Balaban J connectivity index is 0.913. The monoisotopic (exact) mass is 989 g/mol. The van der Waals surface area contributed by atoms with Crippen LogP contribution in [0.3, 0.4) is 0 Å². The molecule has 0 spiro atoms. The summed E-state index contributed by atoms with van der Waals surface area (Å²) in [4.78, 5) is 126. The van der Waals surface area contributed by atoms with E-state index >= 15 is 0 Å². The Morgan fingerprint density at radius 2 is 1.54 bits per heavy atom. The zero-order chi connectivity index (χ0) is 50.5. The van der Waals surface area contributed by atoms with E-state index in [1.165, 1.54) is 11.6 Å². The van der Waals surface area contributed by atoms with Crippen LogP contribution in [0.5, 0.6) is 0 Å². The maximum absolute atomic E-state index is 14.3. The van der Waals surface area contributed by atoms with E-state index in [0.717, 1.165) is 52.2 Å². The number of likely N-dealkylation sites (tertiary alicyclic amines) is 1. The highest BCUT2D eigenvalue weighted by atomic mass is 32.2. The first-order valence-corrected chi connectivity index (χ1v) is 25.9. The van der Waals surface area contributed by atoms with Crippen LogP contribution in [0.4, 0.5) is 5.69 Å². The molecule has 21 heteroatoms. The quantitative estimate of drug-likeness (QED) is 0.0823. The van der Waals surface area contributed by atoms with E-state index in [-0.39, 0.29) is 104 Å². The third kappa shape index (κ3) is 9.87. The number of nitrogens with zero attached hydrogens (tertiary/aromatic N) is 5. The standard InChI is InChI=1S/C50H55N9O11S/c1-55-24-35-33-21-30(27-71(3,69)70)32(46(64)52-17-5-4-7-29-8-6-9-31-34(29)26-59(48(31)66)37-12-13-40(61)56(2)49(37)67)22-38(33)57(23-28-10-11-28)25-36-43(35)45(50(55)68)54-44(36)47(65)53-19-18-51-39(60)16-20-58-41(62)14-15-42(58)63/h6,8-9,14-15,21-22,24,28,37,54H,4-5,7,10-13,16-20,23,25-27H2,1-3H3,(H,51,60)(H,52,64)(H,53,65). The summed E-state index contributed by atoms with van der Waals surface area (Å²) < 4.78 is 27.4. The van der Waals surface area contributed by atoms with Crippen molar-refractivity contribution >= 4 is 73.7 Å². The summed E-state index contributed by atoms with van der Waals surface area (Å²) in [7, 11) is -0.649. The number of benzene rings is 2. The number of hydrogen-bond donors (Lipinski definition) is 4. The van der Waals surface area contributed by atoms with Crippen LogP contribution in [-0.2, 0) is 66.1 Å². The van der Waals surface area contributed by atoms with Gasteiger partial charge < -0.3 is 35.3 Å². The number of likely N-dealkylation sites (N-methyl/N-ethyl adjacent to an activating group) is 1.